The molecule has 0 saturated heterocycles. The first-order valence-corrected chi connectivity index (χ1v) is 4.63. The molecule has 4 nitrogen and oxygen atoms in total. The van der Waals surface area contributed by atoms with Gasteiger partial charge in [0.1, 0.15) is 0 Å². The Kier molecular flexibility index (Phi) is 2.28. The van der Waals surface area contributed by atoms with Gasteiger partial charge in [0.05, 0.1) is 5.52 Å². The first kappa shape index (κ1) is 9.86. The number of rotatable bonds is 1. The summed E-state index contributed by atoms with van der Waals surface area (Å²) in [6.07, 6.45) is 0. The summed E-state index contributed by atoms with van der Waals surface area (Å²) in [5.41, 5.74) is 1.43. The number of aromatic nitrogens is 2. The van der Waals surface area contributed by atoms with Crippen LogP contribution in [0.3, 0.4) is 0 Å². The van der Waals surface area contributed by atoms with Crippen LogP contribution in [-0.2, 0) is 0 Å². The molecule has 76 valence electrons. The summed E-state index contributed by atoms with van der Waals surface area (Å²) in [6, 6.07) is 5.30. The lowest BCUT2D eigenvalue weighted by Gasteiger charge is -2.02. The molecule has 1 aromatic heterocycles. The Morgan fingerprint density at radius 2 is 2.13 bits per heavy atom. The lowest BCUT2D eigenvalue weighted by molar-refractivity contribution is 0.0692. The predicted octanol–water partition coefficient (Wildman–Crippen LogP) is 2.29. The van der Waals surface area contributed by atoms with Gasteiger partial charge in [-0.25, -0.2) is 14.8 Å². The predicted molar refractivity (Wildman–Crippen MR) is 56.2 cm³/mol. The van der Waals surface area contributed by atoms with Crippen LogP contribution >= 0.6 is 11.6 Å². The largest absolute Gasteiger partial charge is 0.476 e. The van der Waals surface area contributed by atoms with Crippen molar-refractivity contribution in [1.29, 1.82) is 0 Å². The second-order valence-corrected chi connectivity index (χ2v) is 3.51. The molecule has 1 heterocycles. The molecule has 0 amide bonds. The van der Waals surface area contributed by atoms with Gasteiger partial charge in [-0.15, -0.1) is 0 Å². The van der Waals surface area contributed by atoms with Crippen LogP contribution in [0, 0.1) is 6.92 Å². The van der Waals surface area contributed by atoms with Crippen LogP contribution in [0.5, 0.6) is 0 Å². The first-order chi connectivity index (χ1) is 7.08. The number of aryl methyl sites for hydroxylation is 1. The van der Waals surface area contributed by atoms with Crippen molar-refractivity contribution in [2.75, 3.05) is 0 Å². The van der Waals surface area contributed by atoms with E-state index in [0.29, 0.717) is 10.9 Å². The molecule has 0 bridgehead atoms. The number of hydrogen-bond donors (Lipinski definition) is 1. The maximum Gasteiger partial charge on any atom is 0.355 e. The number of carboxylic acid groups (broad SMARTS) is 1. The van der Waals surface area contributed by atoms with Crippen molar-refractivity contribution < 1.29 is 9.90 Å². The minimum absolute atomic E-state index is 0.0521. The van der Waals surface area contributed by atoms with E-state index in [1.807, 2.05) is 13.0 Å². The van der Waals surface area contributed by atoms with Crippen LogP contribution in [0.15, 0.2) is 18.2 Å². The summed E-state index contributed by atoms with van der Waals surface area (Å²) in [5.74, 6) is -1.10. The fourth-order valence-corrected chi connectivity index (χ4v) is 1.55. The highest BCUT2D eigenvalue weighted by Crippen LogP contribution is 2.19. The van der Waals surface area contributed by atoms with Gasteiger partial charge in [-0.2, -0.15) is 0 Å². The maximum atomic E-state index is 10.9. The minimum Gasteiger partial charge on any atom is -0.476 e. The van der Waals surface area contributed by atoms with Crippen LogP contribution < -0.4 is 0 Å². The van der Waals surface area contributed by atoms with E-state index in [-0.39, 0.29) is 11.0 Å². The zero-order valence-electron chi connectivity index (χ0n) is 7.86. The number of fused-ring (bicyclic) bond motifs is 1. The van der Waals surface area contributed by atoms with E-state index < -0.39 is 5.97 Å². The molecule has 0 unspecified atom stereocenters. The highest BCUT2D eigenvalue weighted by atomic mass is 35.5. The highest BCUT2D eigenvalue weighted by molar-refractivity contribution is 6.29. The van der Waals surface area contributed by atoms with Crippen molar-refractivity contribution in [2.45, 2.75) is 6.92 Å². The number of aromatic carboxylic acids is 1. The molecule has 2 aromatic rings. The molecule has 0 spiro atoms. The molecule has 0 atom stereocenters. The van der Waals surface area contributed by atoms with Crippen LogP contribution in [0.1, 0.15) is 16.1 Å². The normalized spacial score (nSPS) is 10.5. The number of hydrogen-bond acceptors (Lipinski definition) is 3. The Balaban J connectivity index is 2.87. The Morgan fingerprint density at radius 3 is 2.80 bits per heavy atom. The average Bonchev–Trinajstić information content (AvgIpc) is 2.17. The van der Waals surface area contributed by atoms with Crippen molar-refractivity contribution in [3.8, 4) is 0 Å². The zero-order chi connectivity index (χ0) is 11.0. The van der Waals surface area contributed by atoms with Gasteiger partial charge in [0.15, 0.2) is 5.69 Å². The lowest BCUT2D eigenvalue weighted by Crippen LogP contribution is -2.03. The summed E-state index contributed by atoms with van der Waals surface area (Å²) in [6.45, 7) is 1.87. The average molecular weight is 223 g/mol. The van der Waals surface area contributed by atoms with Gasteiger partial charge in [0, 0.05) is 5.39 Å². The molecule has 1 N–H and O–H groups in total. The van der Waals surface area contributed by atoms with Crippen molar-refractivity contribution in [2.24, 2.45) is 0 Å². The number of benzene rings is 1. The molecule has 15 heavy (non-hydrogen) atoms. The van der Waals surface area contributed by atoms with Gasteiger partial charge in [0.25, 0.3) is 0 Å². The van der Waals surface area contributed by atoms with Gasteiger partial charge in [-0.05, 0) is 30.7 Å². The Morgan fingerprint density at radius 1 is 1.40 bits per heavy atom. The quantitative estimate of drug-likeness (QED) is 0.752. The third-order valence-corrected chi connectivity index (χ3v) is 2.20. The highest BCUT2D eigenvalue weighted by Gasteiger charge is 2.12. The molecule has 5 heteroatoms. The standard InChI is InChI=1S/C10H7ClN2O2/c1-5-2-3-7-6(4-5)8(9(14)15)13-10(11)12-7/h2-4H,1H3,(H,14,15). The third kappa shape index (κ3) is 1.76. The van der Waals surface area contributed by atoms with Crippen LogP contribution in [0.2, 0.25) is 5.28 Å². The summed E-state index contributed by atoms with van der Waals surface area (Å²) >= 11 is 5.62. The van der Waals surface area contributed by atoms with Gasteiger partial charge in [0.2, 0.25) is 5.28 Å². The Bertz CT molecular complexity index is 554. The minimum atomic E-state index is -1.10. The lowest BCUT2D eigenvalue weighted by atomic mass is 10.1. The fourth-order valence-electron chi connectivity index (χ4n) is 1.38. The van der Waals surface area contributed by atoms with E-state index in [1.54, 1.807) is 12.1 Å². The first-order valence-electron chi connectivity index (χ1n) is 4.25. The van der Waals surface area contributed by atoms with E-state index in [9.17, 15) is 4.79 Å². The molecule has 0 aliphatic heterocycles. The summed E-state index contributed by atoms with van der Waals surface area (Å²) in [5, 5.41) is 9.40. The number of nitrogens with zero attached hydrogens (tertiary/aromatic N) is 2. The van der Waals surface area contributed by atoms with Gasteiger partial charge < -0.3 is 5.11 Å². The monoisotopic (exact) mass is 222 g/mol. The van der Waals surface area contributed by atoms with Crippen LogP contribution in [0.25, 0.3) is 10.9 Å². The molecule has 0 fully saturated rings. The van der Waals surface area contributed by atoms with E-state index in [1.165, 1.54) is 0 Å². The molecule has 0 radical (unpaired) electrons. The van der Waals surface area contributed by atoms with E-state index in [2.05, 4.69) is 9.97 Å². The molecule has 0 saturated carbocycles. The van der Waals surface area contributed by atoms with Gasteiger partial charge in [-0.3, -0.25) is 0 Å². The van der Waals surface area contributed by atoms with E-state index in [4.69, 9.17) is 16.7 Å². The third-order valence-electron chi connectivity index (χ3n) is 2.03. The SMILES string of the molecule is Cc1ccc2nc(Cl)nc(C(=O)O)c2c1. The molecule has 2 rings (SSSR count). The van der Waals surface area contributed by atoms with E-state index in [0.717, 1.165) is 5.56 Å². The summed E-state index contributed by atoms with van der Waals surface area (Å²) < 4.78 is 0. The van der Waals surface area contributed by atoms with Crippen LogP contribution in [-0.4, -0.2) is 21.0 Å². The molecule has 0 aliphatic carbocycles. The fraction of sp³-hybridized carbons (Fsp3) is 0.100. The second-order valence-electron chi connectivity index (χ2n) is 3.17. The van der Waals surface area contributed by atoms with E-state index >= 15 is 0 Å². The van der Waals surface area contributed by atoms with Gasteiger partial charge >= 0.3 is 5.97 Å². The molecule has 0 aliphatic rings. The molecule has 1 aromatic carbocycles. The topological polar surface area (TPSA) is 63.1 Å². The number of carbonyl (C=O) groups is 1. The second kappa shape index (κ2) is 3.47. The maximum absolute atomic E-state index is 10.9. The zero-order valence-corrected chi connectivity index (χ0v) is 8.62. The van der Waals surface area contributed by atoms with Crippen molar-refractivity contribution in [3.05, 3.63) is 34.7 Å². The summed E-state index contributed by atoms with van der Waals surface area (Å²) in [7, 11) is 0. The van der Waals surface area contributed by atoms with Crippen molar-refractivity contribution >= 4 is 28.5 Å². The number of carboxylic acids is 1. The Labute approximate surface area is 90.5 Å². The smallest absolute Gasteiger partial charge is 0.355 e. The number of halogens is 1. The van der Waals surface area contributed by atoms with Crippen molar-refractivity contribution in [1.82, 2.24) is 9.97 Å². The molecular weight excluding hydrogens is 216 g/mol. The van der Waals surface area contributed by atoms with Crippen LogP contribution in [0.4, 0.5) is 0 Å². The van der Waals surface area contributed by atoms with Crippen molar-refractivity contribution in [3.63, 3.8) is 0 Å². The summed E-state index contributed by atoms with van der Waals surface area (Å²) in [4.78, 5) is 18.6. The molecular formula is C10H7ClN2O2. The Hall–Kier alpha value is -1.68. The van der Waals surface area contributed by atoms with Gasteiger partial charge in [-0.1, -0.05) is 11.6 Å².